The van der Waals surface area contributed by atoms with E-state index in [9.17, 15) is 10.2 Å². The number of nitrogens with zero attached hydrogens (tertiary/aromatic N) is 4. The Morgan fingerprint density at radius 1 is 1.12 bits per heavy atom. The number of aromatic nitrogens is 2. The summed E-state index contributed by atoms with van der Waals surface area (Å²) in [6, 6.07) is 11.8. The van der Waals surface area contributed by atoms with Gasteiger partial charge in [-0.1, -0.05) is 27.7 Å². The van der Waals surface area contributed by atoms with E-state index in [1.807, 2.05) is 30.3 Å². The molecule has 1 radical (unpaired) electrons. The van der Waals surface area contributed by atoms with Crippen molar-refractivity contribution < 1.29 is 39.0 Å². The van der Waals surface area contributed by atoms with Gasteiger partial charge in [0.05, 0.1) is 30.4 Å². The van der Waals surface area contributed by atoms with Crippen molar-refractivity contribution in [1.82, 2.24) is 9.97 Å². The van der Waals surface area contributed by atoms with Crippen LogP contribution in [0.25, 0.3) is 21.8 Å². The molecule has 0 atom stereocenters. The number of rotatable bonds is 3. The normalized spacial score (nSPS) is 10.8. The quantitative estimate of drug-likeness (QED) is 0.128. The summed E-state index contributed by atoms with van der Waals surface area (Å²) in [5.74, 6) is -0.163. The first kappa shape index (κ1) is 27.7. The number of ether oxygens (including phenoxy) is 1. The zero-order chi connectivity index (χ0) is 22.4. The van der Waals surface area contributed by atoms with Gasteiger partial charge in [-0.2, -0.15) is 5.10 Å². The number of nitrogens with two attached hydrogens (primary N) is 2. The number of halogens is 1. The van der Waals surface area contributed by atoms with Crippen molar-refractivity contribution in [2.75, 3.05) is 12.8 Å². The van der Waals surface area contributed by atoms with Gasteiger partial charge in [0.15, 0.2) is 0 Å². The Morgan fingerprint density at radius 3 is 2.45 bits per heavy atom. The maximum absolute atomic E-state index is 11.6. The third-order valence-corrected chi connectivity index (χ3v) is 4.57. The van der Waals surface area contributed by atoms with E-state index in [1.165, 1.54) is 19.2 Å². The van der Waals surface area contributed by atoms with Crippen molar-refractivity contribution in [2.24, 2.45) is 15.9 Å². The second-order valence-corrected chi connectivity index (χ2v) is 7.07. The van der Waals surface area contributed by atoms with Gasteiger partial charge < -0.3 is 31.9 Å². The Bertz CT molecular complexity index is 1300. The standard InChI is InChI=1S/C12H9N3.C9H10BrN3O3.O.V/c13-10-7-8-3-1-5-14-11(8)12-9(10)4-2-6-15-12;1-16-7-3-6(10)2-5(8(7)14)4-12-13-9(11)15;;/h1-7H,13H2;2-4,14H,1H3,(H3,11,13,15);;/q;;-2;+4/p-2/b;12-4+;;. The molecule has 2 aromatic heterocycles. The largest absolute Gasteiger partial charge is 4.00 e. The number of methoxy groups -OCH3 is 1. The fraction of sp³-hybridized carbons (Fsp3) is 0.0476. The van der Waals surface area contributed by atoms with Crippen LogP contribution in [-0.2, 0) is 24.0 Å². The van der Waals surface area contributed by atoms with Crippen LogP contribution in [0.2, 0.25) is 0 Å². The van der Waals surface area contributed by atoms with Crippen LogP contribution in [0.4, 0.5) is 5.69 Å². The van der Waals surface area contributed by atoms with Crippen LogP contribution < -0.4 is 26.4 Å². The van der Waals surface area contributed by atoms with Gasteiger partial charge in [0, 0.05) is 33.3 Å². The van der Waals surface area contributed by atoms with E-state index in [2.05, 4.69) is 36.1 Å². The van der Waals surface area contributed by atoms with Gasteiger partial charge in [-0.3, -0.25) is 9.97 Å². The molecule has 0 saturated carbocycles. The summed E-state index contributed by atoms with van der Waals surface area (Å²) in [6.45, 7) is 0. The van der Waals surface area contributed by atoms with Crippen LogP contribution in [0.1, 0.15) is 5.56 Å². The number of nitrogen functional groups attached to an aromatic ring is 1. The molecule has 0 spiro atoms. The van der Waals surface area contributed by atoms with E-state index in [0.717, 1.165) is 33.7 Å². The molecular formula is C21H17BrN6O4V. The molecule has 0 amide bonds. The predicted octanol–water partition coefficient (Wildman–Crippen LogP) is 1.78. The van der Waals surface area contributed by atoms with E-state index in [-0.39, 0.29) is 41.1 Å². The molecular weight excluding hydrogens is 531 g/mol. The minimum atomic E-state index is -0.925. The molecule has 167 valence electrons. The number of hydrogen-bond donors (Lipinski definition) is 2. The molecule has 33 heavy (non-hydrogen) atoms. The van der Waals surface area contributed by atoms with Crippen molar-refractivity contribution in [1.29, 1.82) is 0 Å². The number of anilines is 1. The van der Waals surface area contributed by atoms with Crippen LogP contribution in [0.5, 0.6) is 11.5 Å². The summed E-state index contributed by atoms with van der Waals surface area (Å²) in [5, 5.41) is 30.3. The van der Waals surface area contributed by atoms with Crippen molar-refractivity contribution in [3.8, 4) is 11.5 Å². The summed E-state index contributed by atoms with van der Waals surface area (Å²) in [5.41, 5.74) is 13.5. The number of fused-ring (bicyclic) bond motifs is 3. The molecule has 0 aliphatic carbocycles. The first-order chi connectivity index (χ1) is 14.9. The van der Waals surface area contributed by atoms with Gasteiger partial charge in [0.2, 0.25) is 0 Å². The minimum absolute atomic E-state index is 0. The van der Waals surface area contributed by atoms with E-state index >= 15 is 0 Å². The maximum atomic E-state index is 11.6. The molecule has 10 nitrogen and oxygen atoms in total. The third-order valence-electron chi connectivity index (χ3n) is 4.11. The molecule has 0 saturated heterocycles. The van der Waals surface area contributed by atoms with Gasteiger partial charge >= 0.3 is 18.6 Å². The average Bonchev–Trinajstić information content (AvgIpc) is 2.76. The van der Waals surface area contributed by atoms with E-state index in [0.29, 0.717) is 4.47 Å². The molecule has 4 N–H and O–H groups in total. The number of benzene rings is 2. The van der Waals surface area contributed by atoms with Crippen molar-refractivity contribution in [2.45, 2.75) is 0 Å². The fourth-order valence-electron chi connectivity index (χ4n) is 2.79. The van der Waals surface area contributed by atoms with Crippen molar-refractivity contribution >= 4 is 55.7 Å². The summed E-state index contributed by atoms with van der Waals surface area (Å²) in [7, 11) is 1.39. The molecule has 0 unspecified atom stereocenters. The molecule has 4 aromatic rings. The fourth-order valence-corrected chi connectivity index (χ4v) is 3.24. The van der Waals surface area contributed by atoms with Crippen LogP contribution in [0, 0.1) is 0 Å². The molecule has 0 aliphatic heterocycles. The van der Waals surface area contributed by atoms with Gasteiger partial charge in [0.1, 0.15) is 5.75 Å². The molecule has 0 aliphatic rings. The number of amidine groups is 1. The molecule has 2 aromatic carbocycles. The molecule has 0 bridgehead atoms. The molecule has 12 heteroatoms. The smallest absolute Gasteiger partial charge is 2.00 e. The van der Waals surface area contributed by atoms with E-state index < -0.39 is 6.02 Å². The first-order valence-electron chi connectivity index (χ1n) is 8.86. The number of hydrogen-bond acceptors (Lipinski definition) is 8. The zero-order valence-corrected chi connectivity index (χ0v) is 20.2. The van der Waals surface area contributed by atoms with E-state index in [1.54, 1.807) is 12.4 Å². The Balaban J connectivity index is 0.000000311. The van der Waals surface area contributed by atoms with Crippen LogP contribution in [0.15, 0.2) is 69.5 Å². The Morgan fingerprint density at radius 2 is 1.79 bits per heavy atom. The Labute approximate surface area is 209 Å². The second kappa shape index (κ2) is 12.6. The maximum Gasteiger partial charge on any atom is 4.00 e. The average molecular weight is 548 g/mol. The minimum Gasteiger partial charge on any atom is -2.00 e. The summed E-state index contributed by atoms with van der Waals surface area (Å²) < 4.78 is 5.52. The van der Waals surface area contributed by atoms with Crippen molar-refractivity contribution in [3.05, 3.63) is 64.9 Å². The van der Waals surface area contributed by atoms with Gasteiger partial charge in [-0.25, -0.2) is 0 Å². The molecule has 0 fully saturated rings. The molecule has 4 rings (SSSR count). The monoisotopic (exact) mass is 547 g/mol. The van der Waals surface area contributed by atoms with Crippen LogP contribution in [0.3, 0.4) is 0 Å². The SMILES string of the molecule is COc1cc(Br)cc(/C=N/N=C(/N)[O-])c1[O-].Nc1cc2cccnc2c2ncccc12.[O-2].[V+4]. The Kier molecular flexibility index (Phi) is 10.6. The summed E-state index contributed by atoms with van der Waals surface area (Å²) >= 11 is 3.21. The number of pyridine rings is 2. The van der Waals surface area contributed by atoms with Crippen molar-refractivity contribution in [3.63, 3.8) is 0 Å². The van der Waals surface area contributed by atoms with Gasteiger partial charge in [-0.05, 0) is 42.0 Å². The summed E-state index contributed by atoms with van der Waals surface area (Å²) in [4.78, 5) is 8.66. The van der Waals surface area contributed by atoms with E-state index in [4.69, 9.17) is 16.2 Å². The first-order valence-corrected chi connectivity index (χ1v) is 9.66. The predicted molar refractivity (Wildman–Crippen MR) is 121 cm³/mol. The topological polar surface area (TPSA) is 186 Å². The van der Waals surface area contributed by atoms with Gasteiger partial charge in [0.25, 0.3) is 0 Å². The second-order valence-electron chi connectivity index (χ2n) is 6.15. The van der Waals surface area contributed by atoms with Crippen LogP contribution in [-0.4, -0.2) is 29.3 Å². The van der Waals surface area contributed by atoms with Crippen LogP contribution >= 0.6 is 15.9 Å². The summed E-state index contributed by atoms with van der Waals surface area (Å²) in [6.07, 6.45) is 4.67. The Hall–Kier alpha value is -3.38. The molecule has 2 heterocycles. The third kappa shape index (κ3) is 6.80. The zero-order valence-electron chi connectivity index (χ0n) is 17.2. The van der Waals surface area contributed by atoms with Gasteiger partial charge in [-0.15, -0.1) is 5.10 Å².